The molecule has 0 aliphatic carbocycles. The molecule has 1 aliphatic rings. The molecule has 0 bridgehead atoms. The van der Waals surface area contributed by atoms with E-state index in [1.54, 1.807) is 18.2 Å². The molecule has 0 spiro atoms. The number of benzene rings is 2. The van der Waals surface area contributed by atoms with Crippen LogP contribution in [-0.2, 0) is 0 Å². The van der Waals surface area contributed by atoms with Crippen LogP contribution in [0.3, 0.4) is 0 Å². The lowest BCUT2D eigenvalue weighted by Crippen LogP contribution is -2.45. The Morgan fingerprint density at radius 3 is 2.66 bits per heavy atom. The summed E-state index contributed by atoms with van der Waals surface area (Å²) in [6, 6.07) is 12.8. The number of aryl methyl sites for hydroxylation is 1. The third kappa shape index (κ3) is 3.97. The maximum Gasteiger partial charge on any atom is 0.258 e. The third-order valence-electron chi connectivity index (χ3n) is 5.41. The largest absolute Gasteiger partial charge is 0.504 e. The lowest BCUT2D eigenvalue weighted by atomic mass is 9.94. The second kappa shape index (κ2) is 8.84. The second-order valence-electron chi connectivity index (χ2n) is 7.50. The van der Waals surface area contributed by atoms with Crippen LogP contribution in [0.25, 0.3) is 17.0 Å². The van der Waals surface area contributed by atoms with Crippen LogP contribution in [0.15, 0.2) is 65.3 Å². The zero-order chi connectivity index (χ0) is 22.8. The van der Waals surface area contributed by atoms with Crippen molar-refractivity contribution in [2.24, 2.45) is 0 Å². The molecule has 2 aromatic carbocycles. The second-order valence-corrected chi connectivity index (χ2v) is 7.89. The van der Waals surface area contributed by atoms with Crippen molar-refractivity contribution < 1.29 is 14.4 Å². The summed E-state index contributed by atoms with van der Waals surface area (Å²) in [5.41, 5.74) is 4.45. The average Bonchev–Trinajstić information content (AvgIpc) is 3.26. The number of nitrogens with zero attached hydrogens (tertiary/aromatic N) is 3. The van der Waals surface area contributed by atoms with E-state index in [2.05, 4.69) is 22.0 Å². The van der Waals surface area contributed by atoms with Gasteiger partial charge in [-0.25, -0.2) is 0 Å². The molecule has 1 aliphatic heterocycles. The van der Waals surface area contributed by atoms with Gasteiger partial charge in [0.25, 0.3) is 5.89 Å². The van der Waals surface area contributed by atoms with E-state index in [0.717, 1.165) is 28.0 Å². The van der Waals surface area contributed by atoms with E-state index < -0.39 is 6.04 Å². The van der Waals surface area contributed by atoms with Gasteiger partial charge in [0.2, 0.25) is 5.82 Å². The maximum absolute atomic E-state index is 10.3. The van der Waals surface area contributed by atoms with Gasteiger partial charge in [-0.2, -0.15) is 4.98 Å². The Morgan fingerprint density at radius 1 is 1.25 bits per heavy atom. The maximum atomic E-state index is 10.3. The van der Waals surface area contributed by atoms with Crippen LogP contribution in [0, 0.1) is 6.92 Å². The number of hydrogen-bond donors (Lipinski definition) is 2. The third-order valence-corrected chi connectivity index (χ3v) is 5.75. The van der Waals surface area contributed by atoms with Gasteiger partial charge in [-0.15, -0.1) is 6.58 Å². The summed E-state index contributed by atoms with van der Waals surface area (Å²) in [4.78, 5) is 6.60. The van der Waals surface area contributed by atoms with Crippen molar-refractivity contribution in [1.29, 1.82) is 0 Å². The number of aromatic nitrogens is 2. The van der Waals surface area contributed by atoms with E-state index in [0.29, 0.717) is 29.1 Å². The van der Waals surface area contributed by atoms with Crippen LogP contribution in [0.5, 0.6) is 11.5 Å². The Hall–Kier alpha value is -3.65. The van der Waals surface area contributed by atoms with E-state index in [9.17, 15) is 5.11 Å². The van der Waals surface area contributed by atoms with E-state index in [1.165, 1.54) is 7.11 Å². The average molecular weight is 449 g/mol. The van der Waals surface area contributed by atoms with Crippen molar-refractivity contribution in [1.82, 2.24) is 20.4 Å². The van der Waals surface area contributed by atoms with Crippen molar-refractivity contribution in [3.8, 4) is 22.9 Å². The van der Waals surface area contributed by atoms with Crippen molar-refractivity contribution >= 4 is 22.9 Å². The number of methoxy groups -OCH3 is 1. The van der Waals surface area contributed by atoms with Crippen molar-refractivity contribution in [3.05, 3.63) is 77.8 Å². The molecule has 0 radical (unpaired) electrons. The van der Waals surface area contributed by atoms with Gasteiger partial charge in [0, 0.05) is 17.8 Å². The fourth-order valence-corrected chi connectivity index (χ4v) is 4.03. The molecular weight excluding hydrogens is 424 g/mol. The molecule has 8 heteroatoms. The van der Waals surface area contributed by atoms with Gasteiger partial charge in [-0.3, -0.25) is 0 Å². The van der Waals surface area contributed by atoms with Gasteiger partial charge in [-0.1, -0.05) is 47.1 Å². The molecule has 0 saturated heterocycles. The van der Waals surface area contributed by atoms with Crippen molar-refractivity contribution in [3.63, 3.8) is 0 Å². The number of phenols is 1. The first-order valence-electron chi connectivity index (χ1n) is 10.1. The van der Waals surface area contributed by atoms with Crippen LogP contribution in [0.2, 0.25) is 0 Å². The number of hydrogen-bond acceptors (Lipinski definition) is 6. The predicted molar refractivity (Wildman–Crippen MR) is 127 cm³/mol. The number of thiocarbonyl (C=S) groups is 1. The first-order chi connectivity index (χ1) is 15.4. The molecular formula is C24H24N4O3S. The molecule has 0 amide bonds. The summed E-state index contributed by atoms with van der Waals surface area (Å²) in [7, 11) is 1.51. The summed E-state index contributed by atoms with van der Waals surface area (Å²) in [5, 5.41) is 18.4. The smallest absolute Gasteiger partial charge is 0.258 e. The number of nitrogens with one attached hydrogen (secondary N) is 1. The Labute approximate surface area is 192 Å². The van der Waals surface area contributed by atoms with Crippen LogP contribution in [0.1, 0.15) is 30.0 Å². The topological polar surface area (TPSA) is 83.7 Å². The molecule has 32 heavy (non-hydrogen) atoms. The lowest BCUT2D eigenvalue weighted by molar-refractivity contribution is 0.372. The highest BCUT2D eigenvalue weighted by atomic mass is 32.1. The van der Waals surface area contributed by atoms with Gasteiger partial charge in [0.05, 0.1) is 18.7 Å². The molecule has 1 unspecified atom stereocenters. The standard InChI is InChI=1S/C24H24N4O3S/c1-5-12-28-15(3)20(23-26-22(27-31-23)16-8-6-14(2)7-9-16)21(25-24(28)32)17-10-11-19(30-4)18(29)13-17/h5-11,13,21,29H,1,12H2,2-4H3,(H,25,32). The first kappa shape index (κ1) is 21.6. The molecule has 4 rings (SSSR count). The monoisotopic (exact) mass is 448 g/mol. The molecule has 2 heterocycles. The van der Waals surface area contributed by atoms with E-state index in [1.807, 2.05) is 49.1 Å². The number of aromatic hydroxyl groups is 1. The van der Waals surface area contributed by atoms with Crippen LogP contribution in [-0.4, -0.2) is 38.9 Å². The zero-order valence-electron chi connectivity index (χ0n) is 18.1. The fraction of sp³-hybridized carbons (Fsp3) is 0.208. The summed E-state index contributed by atoms with van der Waals surface area (Å²) >= 11 is 5.60. The van der Waals surface area contributed by atoms with Gasteiger partial charge >= 0.3 is 0 Å². The van der Waals surface area contributed by atoms with Gasteiger partial charge < -0.3 is 24.6 Å². The number of phenolic OH excluding ortho intramolecular Hbond substituents is 1. The van der Waals surface area contributed by atoms with Crippen molar-refractivity contribution in [2.75, 3.05) is 13.7 Å². The molecule has 1 atom stereocenters. The SMILES string of the molecule is C=CCN1C(=S)NC(c2ccc(OC)c(O)c2)C(c2nc(-c3ccc(C)cc3)no2)=C1C. The van der Waals surface area contributed by atoms with Crippen LogP contribution >= 0.6 is 12.2 Å². The summed E-state index contributed by atoms with van der Waals surface area (Å²) < 4.78 is 10.9. The van der Waals surface area contributed by atoms with E-state index in [4.69, 9.17) is 21.5 Å². The van der Waals surface area contributed by atoms with Gasteiger partial charge in [0.1, 0.15) is 0 Å². The number of ether oxygens (including phenoxy) is 1. The highest BCUT2D eigenvalue weighted by molar-refractivity contribution is 7.80. The normalized spacial score (nSPS) is 16.2. The fourth-order valence-electron chi connectivity index (χ4n) is 3.70. The number of rotatable bonds is 6. The number of allylic oxidation sites excluding steroid dienone is 1. The molecule has 7 nitrogen and oxygen atoms in total. The minimum absolute atomic E-state index is 0.0362. The molecule has 2 N–H and O–H groups in total. The lowest BCUT2D eigenvalue weighted by Gasteiger charge is -2.36. The zero-order valence-corrected chi connectivity index (χ0v) is 18.9. The summed E-state index contributed by atoms with van der Waals surface area (Å²) in [5.74, 6) is 1.30. The molecule has 0 saturated carbocycles. The quantitative estimate of drug-likeness (QED) is 0.418. The molecule has 1 aromatic heterocycles. The molecule has 164 valence electrons. The van der Waals surface area contributed by atoms with Gasteiger partial charge in [0.15, 0.2) is 16.6 Å². The van der Waals surface area contributed by atoms with E-state index in [-0.39, 0.29) is 5.75 Å². The first-order valence-corrected chi connectivity index (χ1v) is 10.5. The highest BCUT2D eigenvalue weighted by Gasteiger charge is 2.34. The Balaban J connectivity index is 1.82. The highest BCUT2D eigenvalue weighted by Crippen LogP contribution is 2.39. The van der Waals surface area contributed by atoms with Crippen LogP contribution in [0.4, 0.5) is 0 Å². The predicted octanol–water partition coefficient (Wildman–Crippen LogP) is 4.61. The molecule has 0 fully saturated rings. The Bertz CT molecular complexity index is 1200. The Kier molecular flexibility index (Phi) is 5.96. The molecule has 3 aromatic rings. The minimum atomic E-state index is -0.397. The summed E-state index contributed by atoms with van der Waals surface area (Å²) in [6.07, 6.45) is 1.78. The van der Waals surface area contributed by atoms with E-state index >= 15 is 0 Å². The Morgan fingerprint density at radius 2 is 2.00 bits per heavy atom. The van der Waals surface area contributed by atoms with Gasteiger partial charge in [-0.05, 0) is 43.8 Å². The summed E-state index contributed by atoms with van der Waals surface area (Å²) in [6.45, 7) is 8.34. The van der Waals surface area contributed by atoms with Crippen LogP contribution < -0.4 is 10.1 Å². The van der Waals surface area contributed by atoms with Crippen molar-refractivity contribution in [2.45, 2.75) is 19.9 Å². The minimum Gasteiger partial charge on any atom is -0.504 e.